The largest absolute Gasteiger partial charge is 1.00 e. The fourth-order valence-electron chi connectivity index (χ4n) is 0. The van der Waals surface area contributed by atoms with E-state index in [9.17, 15) is 0 Å². The van der Waals surface area contributed by atoms with Crippen molar-refractivity contribution in [3.63, 3.8) is 0 Å². The first-order valence-electron chi connectivity index (χ1n) is 0.622. The third kappa shape index (κ3) is 90.0. The van der Waals surface area contributed by atoms with Crippen LogP contribution in [0.1, 0.15) is 0 Å². The molecule has 0 heterocycles. The van der Waals surface area contributed by atoms with Crippen LogP contribution in [0.5, 0.6) is 0 Å². The van der Waals surface area contributed by atoms with Crippen molar-refractivity contribution >= 4 is 32.6 Å². The number of hydrogen-bond donors (Lipinski definition) is 0. The second-order valence-electron chi connectivity index (χ2n) is 0.0680. The van der Waals surface area contributed by atoms with Crippen molar-refractivity contribution in [2.24, 2.45) is 0 Å². The van der Waals surface area contributed by atoms with E-state index in [0.717, 1.165) is 0 Å². The average molecular weight is 196 g/mol. The van der Waals surface area contributed by atoms with Gasteiger partial charge in [0.15, 0.2) is 0 Å². The first kappa shape index (κ1) is 39.6. The maximum Gasteiger partial charge on any atom is 1.00 e. The molecule has 0 rings (SSSR count). The molecule has 3 nitrogen and oxygen atoms in total. The van der Waals surface area contributed by atoms with Crippen LogP contribution in [0.4, 0.5) is 0 Å². The number of thiol groups is 1. The van der Waals surface area contributed by atoms with Gasteiger partial charge in [-0.2, -0.15) is 0 Å². The SMILES string of the molecule is C=O.[Na+].[Na+].[Na+].[O-]S[O-].[SH-]. The van der Waals surface area contributed by atoms with E-state index in [2.05, 4.69) is 0 Å². The van der Waals surface area contributed by atoms with Crippen LogP contribution in [0, 0.1) is 0 Å². The van der Waals surface area contributed by atoms with E-state index in [0.29, 0.717) is 0 Å². The van der Waals surface area contributed by atoms with Crippen molar-refractivity contribution < 1.29 is 103 Å². The van der Waals surface area contributed by atoms with Gasteiger partial charge >= 0.3 is 88.7 Å². The summed E-state index contributed by atoms with van der Waals surface area (Å²) < 4.78 is 16.6. The summed E-state index contributed by atoms with van der Waals surface area (Å²) in [4.78, 5) is 8.00. The summed E-state index contributed by atoms with van der Waals surface area (Å²) in [6.45, 7) is 2.00. The molecule has 40 valence electrons. The topological polar surface area (TPSA) is 63.2 Å². The average Bonchev–Trinajstić information content (AvgIpc) is 1.46. The molecule has 0 aromatic rings. The van der Waals surface area contributed by atoms with Crippen LogP contribution in [-0.2, 0) is 18.3 Å². The van der Waals surface area contributed by atoms with Crippen LogP contribution in [0.15, 0.2) is 0 Å². The summed E-state index contributed by atoms with van der Waals surface area (Å²) in [5.74, 6) is 0. The molecule has 0 aliphatic heterocycles. The molecule has 0 unspecified atom stereocenters. The normalized spacial score (nSPS) is 2.44. The fourth-order valence-corrected chi connectivity index (χ4v) is 0. The molecule has 0 aromatic carbocycles. The number of carbonyl (C=O) groups excluding carboxylic acids is 1. The Labute approximate surface area is 132 Å². The van der Waals surface area contributed by atoms with Crippen LogP contribution in [-0.4, -0.2) is 15.9 Å². The van der Waals surface area contributed by atoms with Crippen LogP contribution in [0.3, 0.4) is 0 Å². The van der Waals surface area contributed by atoms with Gasteiger partial charge in [-0.3, -0.25) is 0 Å². The molecule has 0 saturated heterocycles. The molecule has 0 bridgehead atoms. The van der Waals surface area contributed by atoms with E-state index >= 15 is 0 Å². The Morgan fingerprint density at radius 3 is 1.00 bits per heavy atom. The van der Waals surface area contributed by atoms with E-state index in [1.165, 1.54) is 0 Å². The van der Waals surface area contributed by atoms with Crippen molar-refractivity contribution in [3.05, 3.63) is 0 Å². The van der Waals surface area contributed by atoms with Gasteiger partial charge in [0.25, 0.3) is 0 Å². The molecule has 0 aliphatic carbocycles. The van der Waals surface area contributed by atoms with Gasteiger partial charge in [-0.25, -0.2) is 0 Å². The Balaban J connectivity index is -0.00000000357. The smallest absolute Gasteiger partial charge is 0.813 e. The zero-order valence-electron chi connectivity index (χ0n) is 5.79. The zero-order chi connectivity index (χ0) is 4.71. The van der Waals surface area contributed by atoms with Crippen molar-refractivity contribution in [2.45, 2.75) is 0 Å². The predicted octanol–water partition coefficient (Wildman–Crippen LogP) is -9.46. The van der Waals surface area contributed by atoms with Gasteiger partial charge in [-0.05, 0) is 0 Å². The van der Waals surface area contributed by atoms with Gasteiger partial charge in [0.05, 0.1) is 0 Å². The van der Waals surface area contributed by atoms with E-state index < -0.39 is 12.3 Å². The summed E-state index contributed by atoms with van der Waals surface area (Å²) in [5, 5.41) is 0. The van der Waals surface area contributed by atoms with Gasteiger partial charge in [-0.15, -0.1) is 0 Å². The minimum Gasteiger partial charge on any atom is -0.813 e. The Bertz CT molecular complexity index is 21.0. The Kier molecular flexibility index (Phi) is 286. The number of hydrogen-bond acceptors (Lipinski definition) is 5. The predicted molar refractivity (Wildman–Crippen MR) is 25.0 cm³/mol. The van der Waals surface area contributed by atoms with Crippen LogP contribution >= 0.6 is 12.3 Å². The second-order valence-corrected chi connectivity index (χ2v) is 0.204. The van der Waals surface area contributed by atoms with Gasteiger partial charge in [0, 0.05) is 0 Å². The molecule has 0 saturated carbocycles. The first-order valence-corrected chi connectivity index (χ1v) is 1.29. The fraction of sp³-hybridized carbons (Fsp3) is 0. The van der Waals surface area contributed by atoms with E-state index in [1.807, 2.05) is 6.79 Å². The maximum atomic E-state index is 8.29. The molecule has 0 atom stereocenters. The maximum absolute atomic E-state index is 8.29. The molecule has 0 spiro atoms. The van der Waals surface area contributed by atoms with Gasteiger partial charge in [0.1, 0.15) is 6.79 Å². The molecular formula is CH3Na3O3S2. The molecule has 0 N–H and O–H groups in total. The third-order valence-corrected chi connectivity index (χ3v) is 0. The van der Waals surface area contributed by atoms with E-state index in [4.69, 9.17) is 13.9 Å². The molecule has 0 radical (unpaired) electrons. The summed E-state index contributed by atoms with van der Waals surface area (Å²) in [5.41, 5.74) is 0. The van der Waals surface area contributed by atoms with Crippen LogP contribution < -0.4 is 88.7 Å². The summed E-state index contributed by atoms with van der Waals surface area (Å²) in [7, 11) is 0. The van der Waals surface area contributed by atoms with Gasteiger partial charge in [-0.1, -0.05) is 0 Å². The molecule has 9 heavy (non-hydrogen) atoms. The molecule has 0 aliphatic rings. The van der Waals surface area contributed by atoms with Gasteiger partial charge in [0.2, 0.25) is 0 Å². The Morgan fingerprint density at radius 2 is 1.00 bits per heavy atom. The quantitative estimate of drug-likeness (QED) is 0.167. The second kappa shape index (κ2) is 65.0. The zero-order valence-corrected chi connectivity index (χ0v) is 13.5. The molecular weight excluding hydrogens is 193 g/mol. The third-order valence-electron chi connectivity index (χ3n) is 0. The molecule has 0 amide bonds. The van der Waals surface area contributed by atoms with Gasteiger partial charge < -0.3 is 39.7 Å². The minimum absolute atomic E-state index is 0. The van der Waals surface area contributed by atoms with E-state index in [1.54, 1.807) is 0 Å². The summed E-state index contributed by atoms with van der Waals surface area (Å²) in [6, 6.07) is 0. The van der Waals surface area contributed by atoms with Crippen molar-refractivity contribution in [1.82, 2.24) is 0 Å². The van der Waals surface area contributed by atoms with E-state index in [-0.39, 0.29) is 102 Å². The first-order chi connectivity index (χ1) is 2.41. The Morgan fingerprint density at radius 1 is 1.00 bits per heavy atom. The minimum atomic E-state index is -0.750. The van der Waals surface area contributed by atoms with Crippen LogP contribution in [0.25, 0.3) is 0 Å². The standard InChI is InChI=1S/CH2O.3Na.H2O2S.H2S/c1-2;;;;1-3-2;/h1H2;;;;1-2H;1H2/q;3*+1;;/p-3. The van der Waals surface area contributed by atoms with Crippen molar-refractivity contribution in [1.29, 1.82) is 0 Å². The van der Waals surface area contributed by atoms with Crippen molar-refractivity contribution in [3.8, 4) is 0 Å². The summed E-state index contributed by atoms with van der Waals surface area (Å²) in [6.07, 6.45) is 0. The molecule has 8 heteroatoms. The Hall–Kier alpha value is 3.29. The monoisotopic (exact) mass is 196 g/mol. The van der Waals surface area contributed by atoms with Crippen molar-refractivity contribution in [2.75, 3.05) is 0 Å². The van der Waals surface area contributed by atoms with Crippen LogP contribution in [0.2, 0.25) is 0 Å². The summed E-state index contributed by atoms with van der Waals surface area (Å²) >= 11 is -0.750. The number of rotatable bonds is 0. The number of carbonyl (C=O) groups is 1. The molecule has 0 aromatic heterocycles. The molecule has 0 fully saturated rings.